The molecule has 1 aliphatic rings. The fraction of sp³-hybridized carbons (Fsp3) is 0.154. The van der Waals surface area contributed by atoms with Crippen LogP contribution in [0.4, 0.5) is 11.5 Å². The van der Waals surface area contributed by atoms with E-state index in [2.05, 4.69) is 26.2 Å². The molecule has 92 valence electrons. The normalized spacial score (nSPS) is 13.2. The number of hydrogen-bond donors (Lipinski definition) is 1. The number of nitrogens with one attached hydrogen (secondary N) is 1. The van der Waals surface area contributed by atoms with Gasteiger partial charge in [0.05, 0.1) is 4.47 Å². The zero-order valence-electron chi connectivity index (χ0n) is 9.52. The minimum Gasteiger partial charge on any atom is -0.486 e. The van der Waals surface area contributed by atoms with Gasteiger partial charge in [-0.15, -0.1) is 0 Å². The van der Waals surface area contributed by atoms with E-state index in [0.29, 0.717) is 13.2 Å². The first-order valence-electron chi connectivity index (χ1n) is 5.60. The van der Waals surface area contributed by atoms with Crippen molar-refractivity contribution >= 4 is 27.4 Å². The third-order valence-electron chi connectivity index (χ3n) is 2.56. The molecule has 1 N–H and O–H groups in total. The van der Waals surface area contributed by atoms with Crippen molar-refractivity contribution in [3.63, 3.8) is 0 Å². The summed E-state index contributed by atoms with van der Waals surface area (Å²) in [7, 11) is 0. The molecule has 0 unspecified atom stereocenters. The van der Waals surface area contributed by atoms with Gasteiger partial charge in [-0.05, 0) is 40.2 Å². The van der Waals surface area contributed by atoms with E-state index in [0.717, 1.165) is 27.5 Å². The summed E-state index contributed by atoms with van der Waals surface area (Å²) in [5.74, 6) is 2.32. The number of benzene rings is 1. The highest BCUT2D eigenvalue weighted by Crippen LogP contribution is 2.34. The Balaban J connectivity index is 1.87. The Labute approximate surface area is 113 Å². The lowest BCUT2D eigenvalue weighted by Gasteiger charge is -2.19. The van der Waals surface area contributed by atoms with Gasteiger partial charge in [0.1, 0.15) is 19.0 Å². The zero-order chi connectivity index (χ0) is 12.4. The fourth-order valence-electron chi connectivity index (χ4n) is 1.74. The van der Waals surface area contributed by atoms with Crippen molar-refractivity contribution in [2.24, 2.45) is 0 Å². The highest BCUT2D eigenvalue weighted by Gasteiger charge is 2.12. The van der Waals surface area contributed by atoms with E-state index >= 15 is 0 Å². The second-order valence-electron chi connectivity index (χ2n) is 3.82. The van der Waals surface area contributed by atoms with E-state index in [9.17, 15) is 0 Å². The molecule has 0 aliphatic carbocycles. The summed E-state index contributed by atoms with van der Waals surface area (Å²) in [6.07, 6.45) is 1.74. The number of pyridine rings is 1. The van der Waals surface area contributed by atoms with Gasteiger partial charge in [-0.2, -0.15) is 0 Å². The molecule has 0 fully saturated rings. The summed E-state index contributed by atoms with van der Waals surface area (Å²) in [6.45, 7) is 1.19. The van der Waals surface area contributed by atoms with E-state index in [1.807, 2.05) is 30.3 Å². The number of ether oxygens (including phenoxy) is 2. The molecule has 1 aromatic carbocycles. The Kier molecular flexibility index (Phi) is 3.06. The van der Waals surface area contributed by atoms with Crippen molar-refractivity contribution in [2.75, 3.05) is 18.5 Å². The minimum absolute atomic E-state index is 0.587. The van der Waals surface area contributed by atoms with Crippen molar-refractivity contribution < 1.29 is 9.47 Å². The van der Waals surface area contributed by atoms with Gasteiger partial charge in [-0.25, -0.2) is 4.98 Å². The van der Waals surface area contributed by atoms with Crippen molar-refractivity contribution in [2.45, 2.75) is 0 Å². The largest absolute Gasteiger partial charge is 0.486 e. The molecule has 1 aliphatic heterocycles. The van der Waals surface area contributed by atoms with Crippen LogP contribution in [0, 0.1) is 0 Å². The maximum Gasteiger partial charge on any atom is 0.163 e. The number of fused-ring (bicyclic) bond motifs is 1. The number of halogens is 1. The third-order valence-corrected chi connectivity index (χ3v) is 3.20. The molecular weight excluding hydrogens is 296 g/mol. The van der Waals surface area contributed by atoms with Gasteiger partial charge in [0.25, 0.3) is 0 Å². The van der Waals surface area contributed by atoms with Crippen LogP contribution < -0.4 is 14.8 Å². The lowest BCUT2D eigenvalue weighted by molar-refractivity contribution is 0.171. The van der Waals surface area contributed by atoms with E-state index in [1.165, 1.54) is 0 Å². The maximum absolute atomic E-state index is 5.53. The Hall–Kier alpha value is -1.75. The maximum atomic E-state index is 5.53. The molecule has 2 heterocycles. The Morgan fingerprint density at radius 3 is 2.78 bits per heavy atom. The SMILES string of the molecule is Brc1cccnc1Nc1ccc2c(c1)OCCO2. The van der Waals surface area contributed by atoms with Crippen LogP contribution in [0.15, 0.2) is 41.0 Å². The van der Waals surface area contributed by atoms with E-state index < -0.39 is 0 Å². The van der Waals surface area contributed by atoms with Crippen molar-refractivity contribution in [3.05, 3.63) is 41.0 Å². The predicted octanol–water partition coefficient (Wildman–Crippen LogP) is 3.36. The first-order valence-corrected chi connectivity index (χ1v) is 6.39. The smallest absolute Gasteiger partial charge is 0.163 e. The number of rotatable bonds is 2. The van der Waals surface area contributed by atoms with E-state index in [1.54, 1.807) is 6.20 Å². The van der Waals surface area contributed by atoms with Gasteiger partial charge < -0.3 is 14.8 Å². The Bertz CT molecular complexity index is 575. The third kappa shape index (κ3) is 2.26. The first kappa shape index (κ1) is 11.3. The predicted molar refractivity (Wildman–Crippen MR) is 72.7 cm³/mol. The second-order valence-corrected chi connectivity index (χ2v) is 4.67. The van der Waals surface area contributed by atoms with Crippen LogP contribution in [0.2, 0.25) is 0 Å². The molecule has 18 heavy (non-hydrogen) atoms. The van der Waals surface area contributed by atoms with Gasteiger partial charge in [0, 0.05) is 18.0 Å². The van der Waals surface area contributed by atoms with Gasteiger partial charge in [-0.3, -0.25) is 0 Å². The first-order chi connectivity index (χ1) is 8.83. The van der Waals surface area contributed by atoms with Gasteiger partial charge in [0.15, 0.2) is 11.5 Å². The van der Waals surface area contributed by atoms with Crippen LogP contribution in [0.1, 0.15) is 0 Å². The molecule has 0 atom stereocenters. The fourth-order valence-corrected chi connectivity index (χ4v) is 2.09. The summed E-state index contributed by atoms with van der Waals surface area (Å²) in [6, 6.07) is 9.56. The van der Waals surface area contributed by atoms with Crippen LogP contribution in [0.3, 0.4) is 0 Å². The number of aromatic nitrogens is 1. The van der Waals surface area contributed by atoms with Crippen molar-refractivity contribution in [1.29, 1.82) is 0 Å². The molecule has 4 nitrogen and oxygen atoms in total. The summed E-state index contributed by atoms with van der Waals surface area (Å²) in [5, 5.41) is 3.23. The van der Waals surface area contributed by atoms with Crippen LogP contribution >= 0.6 is 15.9 Å². The van der Waals surface area contributed by atoms with Crippen LogP contribution in [0.5, 0.6) is 11.5 Å². The molecule has 5 heteroatoms. The number of nitrogens with zero attached hydrogens (tertiary/aromatic N) is 1. The highest BCUT2D eigenvalue weighted by atomic mass is 79.9. The second kappa shape index (κ2) is 4.86. The zero-order valence-corrected chi connectivity index (χ0v) is 11.1. The van der Waals surface area contributed by atoms with E-state index in [4.69, 9.17) is 9.47 Å². The lowest BCUT2D eigenvalue weighted by atomic mass is 10.2. The summed E-state index contributed by atoms with van der Waals surface area (Å²) < 4.78 is 11.9. The molecule has 0 saturated carbocycles. The van der Waals surface area contributed by atoms with E-state index in [-0.39, 0.29) is 0 Å². The van der Waals surface area contributed by atoms with Crippen LogP contribution in [-0.2, 0) is 0 Å². The average molecular weight is 307 g/mol. The topological polar surface area (TPSA) is 43.4 Å². The minimum atomic E-state index is 0.587. The molecule has 1 aromatic heterocycles. The summed E-state index contributed by atoms with van der Waals surface area (Å²) >= 11 is 3.45. The van der Waals surface area contributed by atoms with Gasteiger partial charge in [-0.1, -0.05) is 0 Å². The van der Waals surface area contributed by atoms with Gasteiger partial charge in [0.2, 0.25) is 0 Å². The molecule has 0 bridgehead atoms. The van der Waals surface area contributed by atoms with Gasteiger partial charge >= 0.3 is 0 Å². The van der Waals surface area contributed by atoms with Crippen LogP contribution in [-0.4, -0.2) is 18.2 Å². The summed E-state index contributed by atoms with van der Waals surface area (Å²) in [4.78, 5) is 4.26. The Morgan fingerprint density at radius 2 is 1.94 bits per heavy atom. The van der Waals surface area contributed by atoms with Crippen molar-refractivity contribution in [1.82, 2.24) is 4.98 Å². The number of hydrogen-bond acceptors (Lipinski definition) is 4. The highest BCUT2D eigenvalue weighted by molar-refractivity contribution is 9.10. The quantitative estimate of drug-likeness (QED) is 0.924. The molecule has 3 rings (SSSR count). The number of anilines is 2. The lowest BCUT2D eigenvalue weighted by Crippen LogP contribution is -2.15. The van der Waals surface area contributed by atoms with Crippen molar-refractivity contribution in [3.8, 4) is 11.5 Å². The molecule has 0 amide bonds. The molecule has 2 aromatic rings. The molecule has 0 radical (unpaired) electrons. The molecule has 0 spiro atoms. The standard InChI is InChI=1S/C13H11BrN2O2/c14-10-2-1-5-15-13(10)16-9-3-4-11-12(8-9)18-7-6-17-11/h1-5,8H,6-7H2,(H,15,16). The monoisotopic (exact) mass is 306 g/mol. The summed E-state index contributed by atoms with van der Waals surface area (Å²) in [5.41, 5.74) is 0.915. The average Bonchev–Trinajstić information content (AvgIpc) is 2.41. The molecular formula is C13H11BrN2O2. The Morgan fingerprint density at radius 1 is 1.11 bits per heavy atom. The molecule has 0 saturated heterocycles. The van der Waals surface area contributed by atoms with Crippen LogP contribution in [0.25, 0.3) is 0 Å².